The summed E-state index contributed by atoms with van der Waals surface area (Å²) in [7, 11) is 0. The van der Waals surface area contributed by atoms with Crippen molar-refractivity contribution in [2.45, 2.75) is 0 Å². The van der Waals surface area contributed by atoms with E-state index in [1.54, 1.807) is 0 Å². The van der Waals surface area contributed by atoms with Crippen LogP contribution in [0.5, 0.6) is 23.0 Å². The van der Waals surface area contributed by atoms with Crippen molar-refractivity contribution in [2.24, 2.45) is 0 Å². The third-order valence-corrected chi connectivity index (χ3v) is 7.43. The molecule has 158 valence electrons. The lowest BCUT2D eigenvalue weighted by atomic mass is 9.35. The van der Waals surface area contributed by atoms with Crippen LogP contribution in [-0.4, -0.2) is 6.71 Å². The Kier molecular flexibility index (Phi) is 3.56. The molecular formula is C30H16BClO2. The van der Waals surface area contributed by atoms with Gasteiger partial charge in [0.05, 0.1) is 0 Å². The van der Waals surface area contributed by atoms with Crippen LogP contribution in [0.4, 0.5) is 0 Å². The molecule has 0 unspecified atom stereocenters. The number of fused-ring (bicyclic) bond motifs is 10. The summed E-state index contributed by atoms with van der Waals surface area (Å²) in [6, 6.07) is 33.9. The number of halogens is 1. The van der Waals surface area contributed by atoms with E-state index in [-0.39, 0.29) is 6.71 Å². The number of para-hydroxylation sites is 1. The van der Waals surface area contributed by atoms with Crippen LogP contribution in [0.25, 0.3) is 32.3 Å². The van der Waals surface area contributed by atoms with Gasteiger partial charge in [-0.1, -0.05) is 84.4 Å². The first-order chi connectivity index (χ1) is 16.8. The fourth-order valence-corrected chi connectivity index (χ4v) is 6.01. The highest BCUT2D eigenvalue weighted by Crippen LogP contribution is 2.40. The molecule has 6 aromatic carbocycles. The van der Waals surface area contributed by atoms with Crippen LogP contribution >= 0.6 is 11.6 Å². The van der Waals surface area contributed by atoms with Crippen LogP contribution in [0.15, 0.2) is 97.1 Å². The van der Waals surface area contributed by atoms with Crippen LogP contribution in [-0.2, 0) is 0 Å². The molecule has 0 aromatic heterocycles. The lowest BCUT2D eigenvalue weighted by molar-refractivity contribution is 0.465. The maximum absolute atomic E-state index is 6.52. The summed E-state index contributed by atoms with van der Waals surface area (Å²) in [5.41, 5.74) is 3.34. The maximum atomic E-state index is 6.52. The highest BCUT2D eigenvalue weighted by Gasteiger charge is 2.40. The summed E-state index contributed by atoms with van der Waals surface area (Å²) in [5, 5.41) is 8.03. The summed E-state index contributed by atoms with van der Waals surface area (Å²) < 4.78 is 12.8. The van der Waals surface area contributed by atoms with E-state index in [9.17, 15) is 0 Å². The quantitative estimate of drug-likeness (QED) is 0.192. The van der Waals surface area contributed by atoms with Gasteiger partial charge in [0, 0.05) is 10.5 Å². The van der Waals surface area contributed by atoms with Crippen LogP contribution < -0.4 is 25.9 Å². The van der Waals surface area contributed by atoms with Gasteiger partial charge in [0.1, 0.15) is 23.0 Å². The standard InChI is InChI=1S/C30H16BClO2/c32-17-13-28-30-29(14-17)34-27-16-23-21-10-4-2-8-19(21)18-7-1-3-9-20(18)22(23)15-25(27)31(30)24-11-5-6-12-26(24)33-28/h1-16H. The van der Waals surface area contributed by atoms with Crippen molar-refractivity contribution in [3.8, 4) is 23.0 Å². The molecule has 2 nitrogen and oxygen atoms in total. The predicted molar refractivity (Wildman–Crippen MR) is 142 cm³/mol. The number of hydrogen-bond donors (Lipinski definition) is 0. The first-order valence-electron chi connectivity index (χ1n) is 11.4. The number of ether oxygens (including phenoxy) is 2. The van der Waals surface area contributed by atoms with Crippen LogP contribution in [0.1, 0.15) is 0 Å². The van der Waals surface area contributed by atoms with E-state index in [0.717, 1.165) is 39.4 Å². The van der Waals surface area contributed by atoms with E-state index in [2.05, 4.69) is 72.8 Å². The second-order valence-electron chi connectivity index (χ2n) is 9.02. The molecule has 2 aliphatic heterocycles. The van der Waals surface area contributed by atoms with Crippen molar-refractivity contribution in [3.05, 3.63) is 102 Å². The van der Waals surface area contributed by atoms with Crippen molar-refractivity contribution >= 4 is 67.0 Å². The molecule has 0 atom stereocenters. The summed E-state index contributed by atoms with van der Waals surface area (Å²) in [6.45, 7) is 0.0191. The van der Waals surface area contributed by atoms with Gasteiger partial charge in [-0.05, 0) is 67.5 Å². The number of rotatable bonds is 0. The molecular weight excluding hydrogens is 439 g/mol. The summed E-state index contributed by atoms with van der Waals surface area (Å²) in [5.74, 6) is 3.26. The molecule has 0 amide bonds. The van der Waals surface area contributed by atoms with Gasteiger partial charge in [-0.3, -0.25) is 0 Å². The van der Waals surface area contributed by atoms with E-state index in [0.29, 0.717) is 5.02 Å². The van der Waals surface area contributed by atoms with Crippen molar-refractivity contribution < 1.29 is 9.47 Å². The summed E-state index contributed by atoms with van der Waals surface area (Å²) in [6.07, 6.45) is 0. The van der Waals surface area contributed by atoms with E-state index in [1.807, 2.05) is 24.3 Å². The second-order valence-corrected chi connectivity index (χ2v) is 9.45. The van der Waals surface area contributed by atoms with Gasteiger partial charge in [0.15, 0.2) is 0 Å². The zero-order valence-electron chi connectivity index (χ0n) is 18.0. The van der Waals surface area contributed by atoms with E-state index < -0.39 is 0 Å². The second kappa shape index (κ2) is 6.56. The zero-order valence-corrected chi connectivity index (χ0v) is 18.8. The summed E-state index contributed by atoms with van der Waals surface area (Å²) >= 11 is 6.47. The monoisotopic (exact) mass is 454 g/mol. The molecule has 0 aliphatic carbocycles. The highest BCUT2D eigenvalue weighted by atomic mass is 35.5. The minimum Gasteiger partial charge on any atom is -0.458 e. The van der Waals surface area contributed by atoms with Crippen LogP contribution in [0.3, 0.4) is 0 Å². The Morgan fingerprint density at radius 1 is 0.471 bits per heavy atom. The molecule has 0 radical (unpaired) electrons. The molecule has 0 N–H and O–H groups in total. The molecule has 0 saturated heterocycles. The van der Waals surface area contributed by atoms with Crippen LogP contribution in [0, 0.1) is 0 Å². The fraction of sp³-hybridized carbons (Fsp3) is 0. The molecule has 4 heteroatoms. The lowest BCUT2D eigenvalue weighted by Crippen LogP contribution is -2.57. The largest absolute Gasteiger partial charge is 0.458 e. The first-order valence-corrected chi connectivity index (χ1v) is 11.8. The Bertz CT molecular complexity index is 1840. The van der Waals surface area contributed by atoms with Gasteiger partial charge in [0.2, 0.25) is 0 Å². The zero-order chi connectivity index (χ0) is 22.4. The molecule has 34 heavy (non-hydrogen) atoms. The first kappa shape index (κ1) is 18.5. The molecule has 0 saturated carbocycles. The highest BCUT2D eigenvalue weighted by molar-refractivity contribution is 6.98. The smallest absolute Gasteiger partial charge is 0.260 e. The molecule has 0 fully saturated rings. The predicted octanol–water partition coefficient (Wildman–Crippen LogP) is 6.53. The third kappa shape index (κ3) is 2.37. The minimum absolute atomic E-state index is 0.0191. The normalized spacial score (nSPS) is 13.3. The van der Waals surface area contributed by atoms with Gasteiger partial charge < -0.3 is 9.47 Å². The Hall–Kier alpha value is -3.95. The van der Waals surface area contributed by atoms with Crippen molar-refractivity contribution in [3.63, 3.8) is 0 Å². The Morgan fingerprint density at radius 3 is 1.68 bits per heavy atom. The van der Waals surface area contributed by atoms with Gasteiger partial charge in [0.25, 0.3) is 6.71 Å². The van der Waals surface area contributed by atoms with Crippen molar-refractivity contribution in [1.29, 1.82) is 0 Å². The van der Waals surface area contributed by atoms with E-state index in [1.165, 1.54) is 32.3 Å². The topological polar surface area (TPSA) is 18.5 Å². The fourth-order valence-electron chi connectivity index (χ4n) is 5.81. The molecule has 2 aliphatic rings. The average molecular weight is 455 g/mol. The van der Waals surface area contributed by atoms with Gasteiger partial charge in [-0.15, -0.1) is 0 Å². The van der Waals surface area contributed by atoms with Gasteiger partial charge in [-0.2, -0.15) is 0 Å². The average Bonchev–Trinajstić information content (AvgIpc) is 2.87. The van der Waals surface area contributed by atoms with E-state index in [4.69, 9.17) is 21.1 Å². The maximum Gasteiger partial charge on any atom is 0.260 e. The third-order valence-electron chi connectivity index (χ3n) is 7.21. The Labute approximate surface area is 201 Å². The molecule has 2 heterocycles. The Morgan fingerprint density at radius 2 is 1.00 bits per heavy atom. The van der Waals surface area contributed by atoms with Crippen molar-refractivity contribution in [1.82, 2.24) is 0 Å². The lowest BCUT2D eigenvalue weighted by Gasteiger charge is -2.33. The van der Waals surface area contributed by atoms with Crippen molar-refractivity contribution in [2.75, 3.05) is 0 Å². The molecule has 6 aromatic rings. The number of hydrogen-bond acceptors (Lipinski definition) is 2. The van der Waals surface area contributed by atoms with Gasteiger partial charge in [-0.25, -0.2) is 0 Å². The Balaban J connectivity index is 1.53. The molecule has 0 spiro atoms. The SMILES string of the molecule is Clc1cc2c3c(c1)Oc1cc4c5ccccc5c5ccccc5c4cc1B3c1ccccc1O2. The molecule has 8 rings (SSSR count). The minimum atomic E-state index is 0.0191. The summed E-state index contributed by atoms with van der Waals surface area (Å²) in [4.78, 5) is 0. The van der Waals surface area contributed by atoms with E-state index >= 15 is 0 Å². The van der Waals surface area contributed by atoms with Gasteiger partial charge >= 0.3 is 0 Å². The van der Waals surface area contributed by atoms with Crippen LogP contribution in [0.2, 0.25) is 5.02 Å². The number of benzene rings is 6. The molecule has 0 bridgehead atoms.